The summed E-state index contributed by atoms with van der Waals surface area (Å²) in [5.74, 6) is 0. The summed E-state index contributed by atoms with van der Waals surface area (Å²) in [6, 6.07) is 4.63. The van der Waals surface area contributed by atoms with Crippen molar-refractivity contribution >= 4 is 5.69 Å². The first-order chi connectivity index (χ1) is 8.33. The van der Waals surface area contributed by atoms with Crippen molar-refractivity contribution in [3.8, 4) is 0 Å². The second kappa shape index (κ2) is 5.98. The van der Waals surface area contributed by atoms with E-state index in [0.717, 1.165) is 44.1 Å². The highest BCUT2D eigenvalue weighted by atomic mass is 16.5. The largest absolute Gasteiger partial charge is 0.388 e. The van der Waals surface area contributed by atoms with Gasteiger partial charge in [-0.2, -0.15) is 0 Å². The fraction of sp³-hybridized carbons (Fsp3) is 0.615. The summed E-state index contributed by atoms with van der Waals surface area (Å²) in [6.07, 6.45) is 2.99. The standard InChI is InChI=1S/C13H21N3O/c1-3-13-10-17-7-6-16(13)9-12-8-11(14-2)4-5-15-12/h4-5,8,13H,3,6-7,9-10H2,1-2H3,(H,14,15). The number of anilines is 1. The van der Waals surface area contributed by atoms with Gasteiger partial charge in [-0.05, 0) is 18.6 Å². The van der Waals surface area contributed by atoms with Gasteiger partial charge in [0.2, 0.25) is 0 Å². The minimum atomic E-state index is 0.531. The minimum absolute atomic E-state index is 0.531. The van der Waals surface area contributed by atoms with Gasteiger partial charge in [0, 0.05) is 38.1 Å². The van der Waals surface area contributed by atoms with Gasteiger partial charge in [-0.1, -0.05) is 6.92 Å². The van der Waals surface area contributed by atoms with E-state index in [9.17, 15) is 0 Å². The molecule has 1 saturated heterocycles. The SMILES string of the molecule is CCC1COCCN1Cc1cc(NC)ccn1. The lowest BCUT2D eigenvalue weighted by molar-refractivity contribution is -0.0132. The van der Waals surface area contributed by atoms with Gasteiger partial charge < -0.3 is 10.1 Å². The fourth-order valence-corrected chi connectivity index (χ4v) is 2.20. The molecular weight excluding hydrogens is 214 g/mol. The average molecular weight is 235 g/mol. The normalized spacial score (nSPS) is 21.4. The summed E-state index contributed by atoms with van der Waals surface area (Å²) in [7, 11) is 1.93. The molecule has 4 heteroatoms. The van der Waals surface area contributed by atoms with Gasteiger partial charge in [-0.25, -0.2) is 0 Å². The number of aromatic nitrogens is 1. The molecule has 2 rings (SSSR count). The summed E-state index contributed by atoms with van der Waals surface area (Å²) in [5.41, 5.74) is 2.24. The zero-order chi connectivity index (χ0) is 12.1. The third kappa shape index (κ3) is 3.17. The van der Waals surface area contributed by atoms with E-state index >= 15 is 0 Å². The molecule has 0 radical (unpaired) electrons. The molecule has 0 amide bonds. The highest BCUT2D eigenvalue weighted by Gasteiger charge is 2.21. The first-order valence-electron chi connectivity index (χ1n) is 6.28. The lowest BCUT2D eigenvalue weighted by atomic mass is 10.1. The molecule has 1 N–H and O–H groups in total. The predicted molar refractivity (Wildman–Crippen MR) is 69.1 cm³/mol. The van der Waals surface area contributed by atoms with E-state index in [-0.39, 0.29) is 0 Å². The molecule has 1 aromatic heterocycles. The summed E-state index contributed by atoms with van der Waals surface area (Å²) in [5, 5.41) is 3.15. The van der Waals surface area contributed by atoms with Crippen LogP contribution in [-0.2, 0) is 11.3 Å². The highest BCUT2D eigenvalue weighted by molar-refractivity contribution is 5.42. The molecule has 0 bridgehead atoms. The van der Waals surface area contributed by atoms with Crippen molar-refractivity contribution in [1.29, 1.82) is 0 Å². The molecule has 1 aliphatic rings. The quantitative estimate of drug-likeness (QED) is 0.862. The molecule has 17 heavy (non-hydrogen) atoms. The molecule has 94 valence electrons. The fourth-order valence-electron chi connectivity index (χ4n) is 2.20. The van der Waals surface area contributed by atoms with E-state index in [2.05, 4.69) is 28.2 Å². The van der Waals surface area contributed by atoms with Crippen molar-refractivity contribution in [2.45, 2.75) is 25.9 Å². The Kier molecular flexibility index (Phi) is 4.34. The number of ether oxygens (including phenoxy) is 1. The van der Waals surface area contributed by atoms with Crippen molar-refractivity contribution in [1.82, 2.24) is 9.88 Å². The number of nitrogens with one attached hydrogen (secondary N) is 1. The van der Waals surface area contributed by atoms with Crippen LogP contribution in [0.2, 0.25) is 0 Å². The molecule has 0 aliphatic carbocycles. The van der Waals surface area contributed by atoms with Crippen LogP contribution >= 0.6 is 0 Å². The van der Waals surface area contributed by atoms with Crippen molar-refractivity contribution in [3.05, 3.63) is 24.0 Å². The van der Waals surface area contributed by atoms with Gasteiger partial charge in [0.1, 0.15) is 0 Å². The van der Waals surface area contributed by atoms with Crippen LogP contribution in [0.4, 0.5) is 5.69 Å². The maximum Gasteiger partial charge on any atom is 0.0622 e. The molecule has 1 aromatic rings. The highest BCUT2D eigenvalue weighted by Crippen LogP contribution is 2.15. The Morgan fingerprint density at radius 3 is 3.24 bits per heavy atom. The van der Waals surface area contributed by atoms with E-state index in [0.29, 0.717) is 6.04 Å². The van der Waals surface area contributed by atoms with Crippen molar-refractivity contribution in [3.63, 3.8) is 0 Å². The second-order valence-electron chi connectivity index (χ2n) is 4.39. The van der Waals surface area contributed by atoms with Crippen LogP contribution in [0.15, 0.2) is 18.3 Å². The van der Waals surface area contributed by atoms with E-state index in [4.69, 9.17) is 4.74 Å². The van der Waals surface area contributed by atoms with Crippen LogP contribution in [-0.4, -0.2) is 42.7 Å². The van der Waals surface area contributed by atoms with Crippen LogP contribution in [0.1, 0.15) is 19.0 Å². The van der Waals surface area contributed by atoms with Gasteiger partial charge in [0.05, 0.1) is 18.9 Å². The first-order valence-corrected chi connectivity index (χ1v) is 6.28. The van der Waals surface area contributed by atoms with Crippen molar-refractivity contribution < 1.29 is 4.74 Å². The maximum absolute atomic E-state index is 5.51. The van der Waals surface area contributed by atoms with Gasteiger partial charge in [0.15, 0.2) is 0 Å². The van der Waals surface area contributed by atoms with Crippen LogP contribution < -0.4 is 5.32 Å². The Hall–Kier alpha value is -1.13. The lowest BCUT2D eigenvalue weighted by Gasteiger charge is -2.34. The summed E-state index contributed by atoms with van der Waals surface area (Å²) < 4.78 is 5.51. The average Bonchev–Trinajstić information content (AvgIpc) is 2.39. The van der Waals surface area contributed by atoms with Gasteiger partial charge in [-0.3, -0.25) is 9.88 Å². The molecule has 1 atom stereocenters. The number of rotatable bonds is 4. The van der Waals surface area contributed by atoms with E-state index in [1.54, 1.807) is 0 Å². The monoisotopic (exact) mass is 235 g/mol. The van der Waals surface area contributed by atoms with E-state index < -0.39 is 0 Å². The zero-order valence-electron chi connectivity index (χ0n) is 10.6. The second-order valence-corrected chi connectivity index (χ2v) is 4.39. The Morgan fingerprint density at radius 2 is 2.47 bits per heavy atom. The van der Waals surface area contributed by atoms with Crippen molar-refractivity contribution in [2.75, 3.05) is 32.1 Å². The molecular formula is C13H21N3O. The molecule has 0 saturated carbocycles. The third-order valence-electron chi connectivity index (χ3n) is 3.29. The number of hydrogen-bond donors (Lipinski definition) is 1. The van der Waals surface area contributed by atoms with Gasteiger partial charge in [-0.15, -0.1) is 0 Å². The van der Waals surface area contributed by atoms with Gasteiger partial charge >= 0.3 is 0 Å². The molecule has 1 aliphatic heterocycles. The van der Waals surface area contributed by atoms with Crippen molar-refractivity contribution in [2.24, 2.45) is 0 Å². The predicted octanol–water partition coefficient (Wildman–Crippen LogP) is 1.73. The molecule has 1 fully saturated rings. The molecule has 2 heterocycles. The summed E-state index contributed by atoms with van der Waals surface area (Å²) in [6.45, 7) is 5.82. The molecule has 0 spiro atoms. The Bertz CT molecular complexity index is 356. The topological polar surface area (TPSA) is 37.4 Å². The molecule has 4 nitrogen and oxygen atoms in total. The third-order valence-corrected chi connectivity index (χ3v) is 3.29. The van der Waals surface area contributed by atoms with E-state index in [1.807, 2.05) is 19.3 Å². The van der Waals surface area contributed by atoms with Crippen LogP contribution in [0.25, 0.3) is 0 Å². The van der Waals surface area contributed by atoms with Crippen LogP contribution in [0, 0.1) is 0 Å². The Balaban J connectivity index is 2.02. The Labute approximate surface area is 103 Å². The van der Waals surface area contributed by atoms with Crippen LogP contribution in [0.5, 0.6) is 0 Å². The van der Waals surface area contributed by atoms with Crippen LogP contribution in [0.3, 0.4) is 0 Å². The number of nitrogens with zero attached hydrogens (tertiary/aromatic N) is 2. The maximum atomic E-state index is 5.51. The zero-order valence-corrected chi connectivity index (χ0v) is 10.6. The summed E-state index contributed by atoms with van der Waals surface area (Å²) >= 11 is 0. The van der Waals surface area contributed by atoms with Gasteiger partial charge in [0.25, 0.3) is 0 Å². The molecule has 0 aromatic carbocycles. The summed E-state index contributed by atoms with van der Waals surface area (Å²) in [4.78, 5) is 6.89. The smallest absolute Gasteiger partial charge is 0.0622 e. The molecule has 1 unspecified atom stereocenters. The number of pyridine rings is 1. The lowest BCUT2D eigenvalue weighted by Crippen LogP contribution is -2.44. The van der Waals surface area contributed by atoms with E-state index in [1.165, 1.54) is 0 Å². The number of hydrogen-bond acceptors (Lipinski definition) is 4. The first kappa shape index (κ1) is 12.3. The number of morpholine rings is 1. The minimum Gasteiger partial charge on any atom is -0.388 e. The Morgan fingerprint density at radius 1 is 1.59 bits per heavy atom.